The minimum atomic E-state index is -0.326. The van der Waals surface area contributed by atoms with E-state index in [0.29, 0.717) is 0 Å². The van der Waals surface area contributed by atoms with Gasteiger partial charge < -0.3 is 5.95 Å². The minimum absolute atomic E-state index is 0. The van der Waals surface area contributed by atoms with Crippen molar-refractivity contribution in [3.8, 4) is 0 Å². The smallest absolute Gasteiger partial charge is 1.00 e. The Balaban J connectivity index is -0.000000180. The second kappa shape index (κ2) is 6.37. The van der Waals surface area contributed by atoms with Gasteiger partial charge in [-0.25, -0.2) is 0 Å². The standard InChI is InChI=1S/C3H7O2PS.Na.H/c1-2(7)3(4)5-6;;/h2,7H,6H2,1H3;;/q;+1;-1. The molecule has 5 heteroatoms. The summed E-state index contributed by atoms with van der Waals surface area (Å²) in [4.78, 5) is 10.2. The molecule has 0 N–H and O–H groups in total. The van der Waals surface area contributed by atoms with Crippen LogP contribution in [0.15, 0.2) is 0 Å². The van der Waals surface area contributed by atoms with Crippen molar-refractivity contribution >= 4 is 28.1 Å². The van der Waals surface area contributed by atoms with Crippen LogP contribution < -0.4 is 29.6 Å². The first-order chi connectivity index (χ1) is 3.18. The van der Waals surface area contributed by atoms with Gasteiger partial charge in [-0.05, 0) is 6.92 Å². The summed E-state index contributed by atoms with van der Waals surface area (Å²) in [6.07, 6.45) is 0. The summed E-state index contributed by atoms with van der Waals surface area (Å²) in [6.45, 7) is 1.65. The van der Waals surface area contributed by atoms with Gasteiger partial charge in [-0.2, -0.15) is 12.6 Å². The van der Waals surface area contributed by atoms with E-state index < -0.39 is 0 Å². The Labute approximate surface area is 80.2 Å². The van der Waals surface area contributed by atoms with E-state index in [1.54, 1.807) is 6.92 Å². The average molecular weight is 162 g/mol. The summed E-state index contributed by atoms with van der Waals surface area (Å²) in [7, 11) is 1.86. The molecular formula is C3H8NaO2PS. The van der Waals surface area contributed by atoms with Gasteiger partial charge in [-0.15, -0.1) is 0 Å². The topological polar surface area (TPSA) is 26.3 Å². The molecule has 2 atom stereocenters. The Bertz CT molecular complexity index is 82.2. The second-order valence-electron chi connectivity index (χ2n) is 1.11. The summed E-state index contributed by atoms with van der Waals surface area (Å²) < 4.78 is 4.21. The average Bonchev–Trinajstić information content (AvgIpc) is 1.65. The molecule has 44 valence electrons. The van der Waals surface area contributed by atoms with Crippen LogP contribution in [0.5, 0.6) is 0 Å². The molecule has 0 aliphatic carbocycles. The molecule has 0 radical (unpaired) electrons. The van der Waals surface area contributed by atoms with E-state index in [0.717, 1.165) is 0 Å². The number of thiol groups is 1. The maximum Gasteiger partial charge on any atom is 1.00 e. The molecule has 0 spiro atoms. The molecule has 0 fully saturated rings. The molecule has 0 saturated carbocycles. The zero-order valence-corrected chi connectivity index (χ0v) is 8.97. The third-order valence-electron chi connectivity index (χ3n) is 0.457. The van der Waals surface area contributed by atoms with Gasteiger partial charge in [0.2, 0.25) is 0 Å². The molecule has 0 aromatic heterocycles. The molecule has 8 heavy (non-hydrogen) atoms. The van der Waals surface area contributed by atoms with Gasteiger partial charge in [0.05, 0.1) is 14.7 Å². The fourth-order valence-corrected chi connectivity index (χ4v) is 0.478. The third-order valence-corrected chi connectivity index (χ3v) is 0.900. The van der Waals surface area contributed by atoms with Gasteiger partial charge in [0, 0.05) is 0 Å². The van der Waals surface area contributed by atoms with E-state index >= 15 is 0 Å². The number of carbonyl (C=O) groups excluding carboxylic acids is 1. The van der Waals surface area contributed by atoms with E-state index in [-0.39, 0.29) is 42.2 Å². The van der Waals surface area contributed by atoms with E-state index in [1.807, 2.05) is 9.47 Å². The van der Waals surface area contributed by atoms with Crippen molar-refractivity contribution in [2.24, 2.45) is 0 Å². The van der Waals surface area contributed by atoms with Crippen LogP contribution in [0.3, 0.4) is 0 Å². The van der Waals surface area contributed by atoms with Gasteiger partial charge in [-0.1, -0.05) is 0 Å². The molecular weight excluding hydrogens is 154 g/mol. The van der Waals surface area contributed by atoms with Crippen molar-refractivity contribution in [2.75, 3.05) is 0 Å². The second-order valence-corrected chi connectivity index (χ2v) is 2.12. The first-order valence-corrected chi connectivity index (χ1v) is 2.76. The van der Waals surface area contributed by atoms with Crippen LogP contribution in [0, 0.1) is 0 Å². The first-order valence-electron chi connectivity index (χ1n) is 1.77. The molecule has 0 amide bonds. The summed E-state index contributed by atoms with van der Waals surface area (Å²) in [6, 6.07) is 0. The molecule has 2 nitrogen and oxygen atoms in total. The fraction of sp³-hybridized carbons (Fsp3) is 0.667. The Morgan fingerprint density at radius 1 is 2.00 bits per heavy atom. The van der Waals surface area contributed by atoms with E-state index in [9.17, 15) is 4.79 Å². The Morgan fingerprint density at radius 3 is 2.38 bits per heavy atom. The molecule has 2 unspecified atom stereocenters. The van der Waals surface area contributed by atoms with Gasteiger partial charge in [0.1, 0.15) is 0 Å². The summed E-state index contributed by atoms with van der Waals surface area (Å²) in [5, 5.41) is -0.322. The first kappa shape index (κ1) is 12.0. The molecule has 0 rings (SSSR count). The van der Waals surface area contributed by atoms with Gasteiger partial charge in [0.25, 0.3) is 0 Å². The van der Waals surface area contributed by atoms with Crippen molar-refractivity contribution in [1.82, 2.24) is 0 Å². The van der Waals surface area contributed by atoms with Crippen molar-refractivity contribution in [2.45, 2.75) is 12.2 Å². The Hall–Kier alpha value is 1.25. The van der Waals surface area contributed by atoms with Gasteiger partial charge in [-0.3, -0.25) is 4.79 Å². The van der Waals surface area contributed by atoms with Gasteiger partial charge in [0.15, 0.2) is 0 Å². The van der Waals surface area contributed by atoms with E-state index in [2.05, 4.69) is 17.2 Å². The predicted octanol–water partition coefficient (Wildman–Crippen LogP) is -2.25. The van der Waals surface area contributed by atoms with E-state index in [4.69, 9.17) is 0 Å². The monoisotopic (exact) mass is 162 g/mol. The molecule has 0 aliphatic heterocycles. The molecule has 0 aromatic carbocycles. The maximum atomic E-state index is 10.2. The molecule has 0 aromatic rings. The van der Waals surface area contributed by atoms with Crippen molar-refractivity contribution in [3.05, 3.63) is 0 Å². The summed E-state index contributed by atoms with van der Waals surface area (Å²) in [5.74, 6) is -0.326. The summed E-state index contributed by atoms with van der Waals surface area (Å²) >= 11 is 3.79. The van der Waals surface area contributed by atoms with Crippen molar-refractivity contribution in [1.29, 1.82) is 0 Å². The Morgan fingerprint density at radius 2 is 2.38 bits per heavy atom. The summed E-state index contributed by atoms with van der Waals surface area (Å²) in [5.41, 5.74) is 0. The number of carbonyl (C=O) groups is 1. The predicted molar refractivity (Wildman–Crippen MR) is 35.4 cm³/mol. The van der Waals surface area contributed by atoms with Crippen molar-refractivity contribution < 1.29 is 40.3 Å². The zero-order chi connectivity index (χ0) is 5.86. The number of hydrogen-bond donors (Lipinski definition) is 1. The van der Waals surface area contributed by atoms with Crippen molar-refractivity contribution in [3.63, 3.8) is 0 Å². The molecule has 0 heterocycles. The molecule has 0 aliphatic rings. The van der Waals surface area contributed by atoms with Crippen LogP contribution in [0.1, 0.15) is 8.35 Å². The van der Waals surface area contributed by atoms with Gasteiger partial charge >= 0.3 is 35.5 Å². The SMILES string of the molecule is CC(S)C(=O)OP.[H-].[Na+]. The Kier molecular flexibility index (Phi) is 9.54. The minimum Gasteiger partial charge on any atom is -1.00 e. The normalized spacial score (nSPS) is 11.4. The van der Waals surface area contributed by atoms with E-state index in [1.165, 1.54) is 0 Å². The van der Waals surface area contributed by atoms with Crippen LogP contribution >= 0.6 is 22.1 Å². The largest absolute Gasteiger partial charge is 1.00 e. The number of hydrogen-bond acceptors (Lipinski definition) is 3. The van der Waals surface area contributed by atoms with Crippen LogP contribution in [-0.2, 0) is 9.32 Å². The van der Waals surface area contributed by atoms with Crippen LogP contribution in [0.2, 0.25) is 0 Å². The quantitative estimate of drug-likeness (QED) is 0.268. The molecule has 0 saturated heterocycles. The van der Waals surface area contributed by atoms with Crippen LogP contribution in [0.25, 0.3) is 0 Å². The number of rotatable bonds is 1. The molecule has 0 bridgehead atoms. The fourth-order valence-electron chi connectivity index (χ4n) is 0.0985. The van der Waals surface area contributed by atoms with Crippen LogP contribution in [-0.4, -0.2) is 11.2 Å². The van der Waals surface area contributed by atoms with Crippen LogP contribution in [0.4, 0.5) is 0 Å². The maximum absolute atomic E-state index is 10.2. The zero-order valence-electron chi connectivity index (χ0n) is 5.92. The third kappa shape index (κ3) is 5.39.